The number of methoxy groups -OCH3 is 2. The minimum Gasteiger partial charge on any atom is -0.493 e. The molecular formula is C14H20ClNO4. The van der Waals surface area contributed by atoms with Crippen molar-refractivity contribution in [3.05, 3.63) is 22.7 Å². The molecule has 1 atom stereocenters. The monoisotopic (exact) mass is 301 g/mol. The summed E-state index contributed by atoms with van der Waals surface area (Å²) in [5, 5.41) is 12.7. The maximum Gasteiger partial charge on any atom is 0.251 e. The number of rotatable bonds is 5. The number of carbonyl (C=O) groups excluding carboxylic acids is 1. The Kier molecular flexibility index (Phi) is 5.25. The molecule has 112 valence electrons. The highest BCUT2D eigenvalue weighted by Gasteiger charge is 2.27. The third-order valence-electron chi connectivity index (χ3n) is 3.18. The van der Waals surface area contributed by atoms with Crippen molar-refractivity contribution in [1.82, 2.24) is 5.32 Å². The van der Waals surface area contributed by atoms with Crippen molar-refractivity contribution in [2.75, 3.05) is 14.2 Å². The number of amides is 1. The normalized spacial score (nSPS) is 12.8. The molecule has 0 aliphatic heterocycles. The summed E-state index contributed by atoms with van der Waals surface area (Å²) in [7, 11) is 2.94. The minimum atomic E-state index is -0.753. The second-order valence-electron chi connectivity index (χ2n) is 5.05. The van der Waals surface area contributed by atoms with Crippen LogP contribution in [0.4, 0.5) is 0 Å². The topological polar surface area (TPSA) is 67.8 Å². The van der Waals surface area contributed by atoms with Gasteiger partial charge in [-0.1, -0.05) is 11.6 Å². The van der Waals surface area contributed by atoms with Crippen LogP contribution in [0.2, 0.25) is 5.02 Å². The van der Waals surface area contributed by atoms with Crippen molar-refractivity contribution in [2.45, 2.75) is 32.4 Å². The van der Waals surface area contributed by atoms with Crippen LogP contribution < -0.4 is 14.8 Å². The summed E-state index contributed by atoms with van der Waals surface area (Å²) in [5.41, 5.74) is -0.419. The van der Waals surface area contributed by atoms with Gasteiger partial charge in [0.1, 0.15) is 0 Å². The number of benzene rings is 1. The molecule has 6 heteroatoms. The van der Waals surface area contributed by atoms with Crippen molar-refractivity contribution in [3.63, 3.8) is 0 Å². The first-order valence-electron chi connectivity index (χ1n) is 6.15. The zero-order valence-electron chi connectivity index (χ0n) is 12.3. The molecule has 0 aromatic heterocycles. The van der Waals surface area contributed by atoms with E-state index < -0.39 is 11.6 Å². The molecule has 1 unspecified atom stereocenters. The van der Waals surface area contributed by atoms with Gasteiger partial charge in [0.15, 0.2) is 11.5 Å². The van der Waals surface area contributed by atoms with Gasteiger partial charge in [0.05, 0.1) is 30.9 Å². The van der Waals surface area contributed by atoms with Crippen LogP contribution in [0.5, 0.6) is 11.5 Å². The van der Waals surface area contributed by atoms with E-state index >= 15 is 0 Å². The van der Waals surface area contributed by atoms with E-state index in [2.05, 4.69) is 5.32 Å². The lowest BCUT2D eigenvalue weighted by molar-refractivity contribution is 0.0709. The van der Waals surface area contributed by atoms with Gasteiger partial charge in [-0.05, 0) is 32.9 Å². The van der Waals surface area contributed by atoms with Crippen LogP contribution in [-0.2, 0) is 0 Å². The summed E-state index contributed by atoms with van der Waals surface area (Å²) >= 11 is 6.06. The number of aliphatic hydroxyl groups is 1. The molecule has 0 saturated carbocycles. The minimum absolute atomic E-state index is 0.284. The largest absolute Gasteiger partial charge is 0.493 e. The summed E-state index contributed by atoms with van der Waals surface area (Å²) in [6, 6.07) is 3.04. The number of hydrogen-bond donors (Lipinski definition) is 2. The molecular weight excluding hydrogens is 282 g/mol. The molecule has 1 amide bonds. The Balaban J connectivity index is 3.09. The molecule has 5 nitrogen and oxygen atoms in total. The molecule has 1 aromatic carbocycles. The summed E-state index contributed by atoms with van der Waals surface area (Å²) in [5.74, 6) is 0.402. The maximum absolute atomic E-state index is 12.2. The number of hydrogen-bond acceptors (Lipinski definition) is 4. The fourth-order valence-corrected chi connectivity index (χ4v) is 1.81. The Hall–Kier alpha value is -1.46. The third kappa shape index (κ3) is 3.55. The third-order valence-corrected chi connectivity index (χ3v) is 3.46. The summed E-state index contributed by atoms with van der Waals surface area (Å²) < 4.78 is 10.3. The van der Waals surface area contributed by atoms with Gasteiger partial charge < -0.3 is 19.9 Å². The standard InChI is InChI=1S/C14H20ClNO4/c1-8(17)14(2,3)16-13(18)9-6-10(15)12(20-5)11(7-9)19-4/h6-8,17H,1-5H3,(H,16,18). The van der Waals surface area contributed by atoms with Gasteiger partial charge in [-0.2, -0.15) is 0 Å². The molecule has 1 aromatic rings. The molecule has 0 bridgehead atoms. The van der Waals surface area contributed by atoms with E-state index in [0.29, 0.717) is 17.1 Å². The summed E-state index contributed by atoms with van der Waals surface area (Å²) in [6.07, 6.45) is -0.693. The fourth-order valence-electron chi connectivity index (χ4n) is 1.52. The first-order valence-corrected chi connectivity index (χ1v) is 6.52. The van der Waals surface area contributed by atoms with Gasteiger partial charge in [-0.3, -0.25) is 4.79 Å². The van der Waals surface area contributed by atoms with Gasteiger partial charge in [-0.15, -0.1) is 0 Å². The van der Waals surface area contributed by atoms with Crippen molar-refractivity contribution in [3.8, 4) is 11.5 Å². The smallest absolute Gasteiger partial charge is 0.251 e. The van der Waals surface area contributed by atoms with E-state index in [4.69, 9.17) is 21.1 Å². The van der Waals surface area contributed by atoms with Gasteiger partial charge in [-0.25, -0.2) is 0 Å². The van der Waals surface area contributed by atoms with Gasteiger partial charge in [0.2, 0.25) is 0 Å². The quantitative estimate of drug-likeness (QED) is 0.875. The first kappa shape index (κ1) is 16.6. The highest BCUT2D eigenvalue weighted by atomic mass is 35.5. The van der Waals surface area contributed by atoms with Crippen LogP contribution in [0.25, 0.3) is 0 Å². The fraction of sp³-hybridized carbons (Fsp3) is 0.500. The van der Waals surface area contributed by atoms with Crippen molar-refractivity contribution >= 4 is 17.5 Å². The number of ether oxygens (including phenoxy) is 2. The molecule has 2 N–H and O–H groups in total. The maximum atomic E-state index is 12.2. The van der Waals surface area contributed by atoms with E-state index in [-0.39, 0.29) is 10.9 Å². The van der Waals surface area contributed by atoms with Gasteiger partial charge in [0, 0.05) is 5.56 Å². The molecule has 0 fully saturated rings. The molecule has 20 heavy (non-hydrogen) atoms. The summed E-state index contributed by atoms with van der Waals surface area (Å²) in [4.78, 5) is 12.2. The predicted octanol–water partition coefficient (Wildman–Crippen LogP) is 2.25. The van der Waals surface area contributed by atoms with E-state index in [1.54, 1.807) is 20.8 Å². The highest BCUT2D eigenvalue weighted by molar-refractivity contribution is 6.32. The van der Waals surface area contributed by atoms with E-state index in [1.165, 1.54) is 26.4 Å². The van der Waals surface area contributed by atoms with E-state index in [0.717, 1.165) is 0 Å². The van der Waals surface area contributed by atoms with Crippen LogP contribution >= 0.6 is 11.6 Å². The Morgan fingerprint density at radius 1 is 1.35 bits per heavy atom. The number of aliphatic hydroxyl groups excluding tert-OH is 1. The van der Waals surface area contributed by atoms with Gasteiger partial charge >= 0.3 is 0 Å². The zero-order chi connectivity index (χ0) is 15.5. The number of carbonyl (C=O) groups is 1. The van der Waals surface area contributed by atoms with Crippen molar-refractivity contribution in [1.29, 1.82) is 0 Å². The Labute approximate surface area is 123 Å². The molecule has 0 spiro atoms. The van der Waals surface area contributed by atoms with E-state index in [9.17, 15) is 9.90 Å². The van der Waals surface area contributed by atoms with Crippen LogP contribution in [-0.4, -0.2) is 36.9 Å². The number of nitrogens with one attached hydrogen (secondary N) is 1. The SMILES string of the molecule is COc1cc(C(=O)NC(C)(C)C(C)O)cc(Cl)c1OC. The molecule has 0 radical (unpaired) electrons. The molecule has 1 rings (SSSR count). The first-order chi connectivity index (χ1) is 9.22. The molecule has 0 aliphatic carbocycles. The van der Waals surface area contributed by atoms with Gasteiger partial charge in [0.25, 0.3) is 5.91 Å². The van der Waals surface area contributed by atoms with E-state index in [1.807, 2.05) is 0 Å². The number of halogens is 1. The lowest BCUT2D eigenvalue weighted by Crippen LogP contribution is -2.50. The highest BCUT2D eigenvalue weighted by Crippen LogP contribution is 2.36. The second-order valence-corrected chi connectivity index (χ2v) is 5.45. The van der Waals surface area contributed by atoms with Crippen LogP contribution in [0, 0.1) is 0 Å². The Bertz CT molecular complexity index is 500. The molecule has 0 heterocycles. The second kappa shape index (κ2) is 6.33. The van der Waals surface area contributed by atoms with Crippen molar-refractivity contribution in [2.24, 2.45) is 0 Å². The Morgan fingerprint density at radius 2 is 1.95 bits per heavy atom. The molecule has 0 aliphatic rings. The lowest BCUT2D eigenvalue weighted by Gasteiger charge is -2.29. The van der Waals surface area contributed by atoms with Crippen molar-refractivity contribution < 1.29 is 19.4 Å². The van der Waals surface area contributed by atoms with Crippen LogP contribution in [0.15, 0.2) is 12.1 Å². The average molecular weight is 302 g/mol. The zero-order valence-corrected chi connectivity index (χ0v) is 13.0. The molecule has 0 saturated heterocycles. The lowest BCUT2D eigenvalue weighted by atomic mass is 9.98. The average Bonchev–Trinajstić information content (AvgIpc) is 2.36. The van der Waals surface area contributed by atoms with Crippen LogP contribution in [0.3, 0.4) is 0 Å². The Morgan fingerprint density at radius 3 is 2.40 bits per heavy atom. The predicted molar refractivity (Wildman–Crippen MR) is 77.8 cm³/mol. The van der Waals surface area contributed by atoms with Crippen LogP contribution in [0.1, 0.15) is 31.1 Å². The summed E-state index contributed by atoms with van der Waals surface area (Å²) in [6.45, 7) is 5.08.